The molecule has 0 fully saturated rings. The Morgan fingerprint density at radius 2 is 1.58 bits per heavy atom. The Morgan fingerprint density at radius 3 is 2.11 bits per heavy atom. The lowest BCUT2D eigenvalue weighted by Gasteiger charge is -2.08. The minimum absolute atomic E-state index is 0.128. The summed E-state index contributed by atoms with van der Waals surface area (Å²) in [5.74, 6) is 0.541. The van der Waals surface area contributed by atoms with Crippen LogP contribution >= 0.6 is 0 Å². The molecular formula is C14H30N2O3. The summed E-state index contributed by atoms with van der Waals surface area (Å²) in [6.45, 7) is 8.46. The fourth-order valence-electron chi connectivity index (χ4n) is 1.52. The number of rotatable bonds is 13. The fraction of sp³-hybridized carbons (Fsp3) is 0.929. The number of nitrogens with one attached hydrogen (secondary N) is 2. The SMILES string of the molecule is CNCCCOCCOCCCNC(=O)CC(C)C. The van der Waals surface area contributed by atoms with Crippen LogP contribution in [0.25, 0.3) is 0 Å². The minimum Gasteiger partial charge on any atom is -0.379 e. The Labute approximate surface area is 117 Å². The van der Waals surface area contributed by atoms with E-state index in [1.807, 2.05) is 20.9 Å². The van der Waals surface area contributed by atoms with Gasteiger partial charge in [-0.2, -0.15) is 0 Å². The summed E-state index contributed by atoms with van der Waals surface area (Å²) in [6, 6.07) is 0. The maximum absolute atomic E-state index is 11.3. The first-order valence-electron chi connectivity index (χ1n) is 7.23. The monoisotopic (exact) mass is 274 g/mol. The third-order valence-corrected chi connectivity index (χ3v) is 2.47. The predicted octanol–water partition coefficient (Wildman–Crippen LogP) is 1.18. The Balaban J connectivity index is 3.08. The van der Waals surface area contributed by atoms with Crippen molar-refractivity contribution in [3.05, 3.63) is 0 Å². The molecule has 0 aliphatic rings. The van der Waals surface area contributed by atoms with Crippen LogP contribution < -0.4 is 10.6 Å². The summed E-state index contributed by atoms with van der Waals surface area (Å²) < 4.78 is 10.8. The number of ether oxygens (including phenoxy) is 2. The van der Waals surface area contributed by atoms with Crippen molar-refractivity contribution in [1.29, 1.82) is 0 Å². The molecule has 5 nitrogen and oxygen atoms in total. The Bertz CT molecular complexity index is 211. The molecule has 0 aromatic carbocycles. The fourth-order valence-corrected chi connectivity index (χ4v) is 1.52. The molecule has 0 aliphatic carbocycles. The van der Waals surface area contributed by atoms with Crippen molar-refractivity contribution in [2.24, 2.45) is 5.92 Å². The van der Waals surface area contributed by atoms with E-state index in [2.05, 4.69) is 10.6 Å². The van der Waals surface area contributed by atoms with Gasteiger partial charge in [-0.05, 0) is 32.4 Å². The van der Waals surface area contributed by atoms with Crippen LogP contribution in [0.4, 0.5) is 0 Å². The van der Waals surface area contributed by atoms with Gasteiger partial charge < -0.3 is 20.1 Å². The number of carbonyl (C=O) groups excluding carboxylic acids is 1. The first-order valence-corrected chi connectivity index (χ1v) is 7.23. The van der Waals surface area contributed by atoms with E-state index < -0.39 is 0 Å². The molecule has 0 unspecified atom stereocenters. The molecule has 5 heteroatoms. The third kappa shape index (κ3) is 15.3. The van der Waals surface area contributed by atoms with Crippen molar-refractivity contribution in [3.63, 3.8) is 0 Å². The number of amides is 1. The molecule has 114 valence electrons. The van der Waals surface area contributed by atoms with Gasteiger partial charge >= 0.3 is 0 Å². The highest BCUT2D eigenvalue weighted by molar-refractivity contribution is 5.75. The van der Waals surface area contributed by atoms with Crippen LogP contribution in [0.3, 0.4) is 0 Å². The zero-order chi connectivity index (χ0) is 14.3. The molecule has 0 saturated carbocycles. The molecule has 0 aliphatic heterocycles. The van der Waals surface area contributed by atoms with Gasteiger partial charge in [0.15, 0.2) is 0 Å². The Morgan fingerprint density at radius 1 is 1.00 bits per heavy atom. The van der Waals surface area contributed by atoms with Crippen LogP contribution in [0.5, 0.6) is 0 Å². The van der Waals surface area contributed by atoms with Gasteiger partial charge in [-0.25, -0.2) is 0 Å². The van der Waals surface area contributed by atoms with E-state index in [0.717, 1.165) is 26.0 Å². The van der Waals surface area contributed by atoms with Crippen molar-refractivity contribution in [3.8, 4) is 0 Å². The Kier molecular flexibility index (Phi) is 13.3. The molecule has 0 saturated heterocycles. The number of hydrogen-bond donors (Lipinski definition) is 2. The molecule has 0 radical (unpaired) electrons. The summed E-state index contributed by atoms with van der Waals surface area (Å²) in [4.78, 5) is 11.3. The van der Waals surface area contributed by atoms with Crippen LogP contribution in [-0.2, 0) is 14.3 Å². The van der Waals surface area contributed by atoms with Crippen LogP contribution in [-0.4, -0.2) is 52.5 Å². The lowest BCUT2D eigenvalue weighted by Crippen LogP contribution is -2.26. The Hall–Kier alpha value is -0.650. The van der Waals surface area contributed by atoms with E-state index in [4.69, 9.17) is 9.47 Å². The third-order valence-electron chi connectivity index (χ3n) is 2.47. The topological polar surface area (TPSA) is 59.6 Å². The standard InChI is InChI=1S/C14H30N2O3/c1-13(2)12-14(17)16-7-5-9-19-11-10-18-8-4-6-15-3/h13,15H,4-12H2,1-3H3,(H,16,17). The van der Waals surface area contributed by atoms with Crippen molar-refractivity contribution >= 4 is 5.91 Å². The van der Waals surface area contributed by atoms with Gasteiger partial charge in [0.25, 0.3) is 0 Å². The highest BCUT2D eigenvalue weighted by Crippen LogP contribution is 1.97. The summed E-state index contributed by atoms with van der Waals surface area (Å²) >= 11 is 0. The second-order valence-electron chi connectivity index (χ2n) is 4.98. The van der Waals surface area contributed by atoms with E-state index in [-0.39, 0.29) is 5.91 Å². The highest BCUT2D eigenvalue weighted by Gasteiger charge is 2.02. The minimum atomic E-state index is 0.128. The highest BCUT2D eigenvalue weighted by atomic mass is 16.5. The largest absolute Gasteiger partial charge is 0.379 e. The molecule has 2 N–H and O–H groups in total. The van der Waals surface area contributed by atoms with Crippen molar-refractivity contribution in [2.75, 3.05) is 46.6 Å². The van der Waals surface area contributed by atoms with Gasteiger partial charge in [-0.1, -0.05) is 13.8 Å². The summed E-state index contributed by atoms with van der Waals surface area (Å²) in [5, 5.41) is 5.95. The zero-order valence-electron chi connectivity index (χ0n) is 12.7. The molecule has 1 amide bonds. The van der Waals surface area contributed by atoms with Crippen molar-refractivity contribution in [1.82, 2.24) is 10.6 Å². The smallest absolute Gasteiger partial charge is 0.220 e. The van der Waals surface area contributed by atoms with E-state index >= 15 is 0 Å². The van der Waals surface area contributed by atoms with Gasteiger partial charge in [0.05, 0.1) is 13.2 Å². The van der Waals surface area contributed by atoms with Crippen LogP contribution in [0, 0.1) is 5.92 Å². The van der Waals surface area contributed by atoms with Gasteiger partial charge in [-0.15, -0.1) is 0 Å². The summed E-state index contributed by atoms with van der Waals surface area (Å²) in [7, 11) is 1.93. The quantitative estimate of drug-likeness (QED) is 0.495. The predicted molar refractivity (Wildman–Crippen MR) is 77.3 cm³/mol. The molecular weight excluding hydrogens is 244 g/mol. The first kappa shape index (κ1) is 18.4. The maximum Gasteiger partial charge on any atom is 0.220 e. The number of carbonyl (C=O) groups is 1. The maximum atomic E-state index is 11.3. The molecule has 0 atom stereocenters. The zero-order valence-corrected chi connectivity index (χ0v) is 12.7. The van der Waals surface area contributed by atoms with Crippen molar-refractivity contribution < 1.29 is 14.3 Å². The molecule has 0 aromatic heterocycles. The number of hydrogen-bond acceptors (Lipinski definition) is 4. The summed E-state index contributed by atoms with van der Waals surface area (Å²) in [6.07, 6.45) is 2.48. The van der Waals surface area contributed by atoms with Crippen LogP contribution in [0.15, 0.2) is 0 Å². The average molecular weight is 274 g/mol. The molecule has 19 heavy (non-hydrogen) atoms. The van der Waals surface area contributed by atoms with Crippen LogP contribution in [0.1, 0.15) is 33.1 Å². The van der Waals surface area contributed by atoms with Gasteiger partial charge in [0.1, 0.15) is 0 Å². The normalized spacial score (nSPS) is 10.9. The lowest BCUT2D eigenvalue weighted by molar-refractivity contribution is -0.121. The molecule has 0 spiro atoms. The van der Waals surface area contributed by atoms with Crippen LogP contribution in [0.2, 0.25) is 0 Å². The molecule has 0 aromatic rings. The molecule has 0 rings (SSSR count). The van der Waals surface area contributed by atoms with Gasteiger partial charge in [0, 0.05) is 26.2 Å². The second-order valence-corrected chi connectivity index (χ2v) is 4.98. The lowest BCUT2D eigenvalue weighted by atomic mass is 10.1. The van der Waals surface area contributed by atoms with E-state index in [1.54, 1.807) is 0 Å². The van der Waals surface area contributed by atoms with E-state index in [0.29, 0.717) is 38.7 Å². The van der Waals surface area contributed by atoms with Gasteiger partial charge in [0.2, 0.25) is 5.91 Å². The second kappa shape index (κ2) is 13.8. The van der Waals surface area contributed by atoms with Crippen molar-refractivity contribution in [2.45, 2.75) is 33.1 Å². The molecule has 0 heterocycles. The first-order chi connectivity index (χ1) is 9.16. The summed E-state index contributed by atoms with van der Waals surface area (Å²) in [5.41, 5.74) is 0. The van der Waals surface area contributed by atoms with Gasteiger partial charge in [-0.3, -0.25) is 4.79 Å². The van der Waals surface area contributed by atoms with E-state index in [9.17, 15) is 4.79 Å². The van der Waals surface area contributed by atoms with E-state index in [1.165, 1.54) is 0 Å². The molecule has 0 bridgehead atoms. The average Bonchev–Trinajstić information content (AvgIpc) is 2.35.